The first-order valence-corrected chi connectivity index (χ1v) is 9.31. The van der Waals surface area contributed by atoms with E-state index in [4.69, 9.17) is 4.74 Å². The van der Waals surface area contributed by atoms with Crippen LogP contribution in [0.1, 0.15) is 45.6 Å². The molecule has 2 aromatic rings. The lowest BCUT2D eigenvalue weighted by molar-refractivity contribution is -0.114. The molecule has 140 valence electrons. The zero-order chi connectivity index (χ0) is 18.9. The van der Waals surface area contributed by atoms with Gasteiger partial charge in [0.05, 0.1) is 13.2 Å². The molecule has 0 unspecified atom stereocenters. The molecule has 2 rings (SSSR count). The van der Waals surface area contributed by atoms with Crippen LogP contribution in [0.3, 0.4) is 0 Å². The molecule has 0 aliphatic heterocycles. The average Bonchev–Trinajstić information content (AvgIpc) is 2.61. The Labute approximate surface area is 157 Å². The topological polar surface area (TPSA) is 50.4 Å². The first-order chi connectivity index (χ1) is 12.5. The van der Waals surface area contributed by atoms with Gasteiger partial charge in [-0.15, -0.1) is 0 Å². The maximum absolute atomic E-state index is 12.2. The third kappa shape index (κ3) is 6.43. The monoisotopic (exact) mass is 354 g/mol. The van der Waals surface area contributed by atoms with Crippen molar-refractivity contribution in [3.63, 3.8) is 0 Å². The molecule has 4 heteroatoms. The van der Waals surface area contributed by atoms with E-state index in [1.54, 1.807) is 0 Å². The largest absolute Gasteiger partial charge is 0.494 e. The van der Waals surface area contributed by atoms with Gasteiger partial charge < -0.3 is 15.4 Å². The molecule has 0 aliphatic carbocycles. The zero-order valence-electron chi connectivity index (χ0n) is 16.2. The molecule has 4 nitrogen and oxygen atoms in total. The van der Waals surface area contributed by atoms with Crippen molar-refractivity contribution in [1.82, 2.24) is 0 Å². The van der Waals surface area contributed by atoms with Crippen molar-refractivity contribution >= 4 is 17.3 Å². The Balaban J connectivity index is 1.83. The molecule has 0 aliphatic rings. The Hall–Kier alpha value is -2.49. The second-order valence-corrected chi connectivity index (χ2v) is 7.20. The molecule has 0 fully saturated rings. The van der Waals surface area contributed by atoms with Gasteiger partial charge in [-0.05, 0) is 54.2 Å². The quantitative estimate of drug-likeness (QED) is 0.643. The molecule has 0 aromatic heterocycles. The fourth-order valence-corrected chi connectivity index (χ4v) is 2.59. The lowest BCUT2D eigenvalue weighted by atomic mass is 10.0. The van der Waals surface area contributed by atoms with Crippen LogP contribution in [0, 0.1) is 5.92 Å². The summed E-state index contributed by atoms with van der Waals surface area (Å²) in [6.45, 7) is 9.58. The van der Waals surface area contributed by atoms with Crippen molar-refractivity contribution in [2.75, 3.05) is 23.8 Å². The molecule has 0 spiro atoms. The summed E-state index contributed by atoms with van der Waals surface area (Å²) in [6.07, 6.45) is 1.03. The number of carbonyl (C=O) groups is 1. The van der Waals surface area contributed by atoms with Crippen LogP contribution in [0.5, 0.6) is 5.75 Å². The minimum Gasteiger partial charge on any atom is -0.494 e. The zero-order valence-corrected chi connectivity index (χ0v) is 16.2. The van der Waals surface area contributed by atoms with E-state index < -0.39 is 0 Å². The minimum absolute atomic E-state index is 0.0722. The summed E-state index contributed by atoms with van der Waals surface area (Å²) in [6, 6.07) is 15.6. The number of carbonyl (C=O) groups excluding carboxylic acids is 1. The van der Waals surface area contributed by atoms with E-state index in [0.29, 0.717) is 18.4 Å². The van der Waals surface area contributed by atoms with Crippen LogP contribution in [-0.2, 0) is 4.79 Å². The first kappa shape index (κ1) is 19.8. The molecule has 2 N–H and O–H groups in total. The number of hydrogen-bond acceptors (Lipinski definition) is 3. The molecule has 0 bridgehead atoms. The molecule has 0 radical (unpaired) electrons. The molecule has 0 saturated carbocycles. The Bertz CT molecular complexity index is 694. The van der Waals surface area contributed by atoms with E-state index in [9.17, 15) is 4.79 Å². The Morgan fingerprint density at radius 3 is 2.35 bits per heavy atom. The van der Waals surface area contributed by atoms with Gasteiger partial charge in [0.1, 0.15) is 5.75 Å². The van der Waals surface area contributed by atoms with Gasteiger partial charge >= 0.3 is 0 Å². The van der Waals surface area contributed by atoms with Crippen LogP contribution in [0.25, 0.3) is 0 Å². The van der Waals surface area contributed by atoms with E-state index in [1.807, 2.05) is 42.5 Å². The van der Waals surface area contributed by atoms with Gasteiger partial charge in [0, 0.05) is 11.4 Å². The standard InChI is InChI=1S/C22H30N2O2/c1-16(2)13-14-26-19-11-9-18(10-12-19)24-22(25)15-23-21-8-6-5-7-20(21)17(3)4/h5-12,16-17,23H,13-15H2,1-4H3,(H,24,25). The summed E-state index contributed by atoms with van der Waals surface area (Å²) in [5, 5.41) is 6.13. The molecule has 0 saturated heterocycles. The molecule has 0 heterocycles. The number of hydrogen-bond donors (Lipinski definition) is 2. The van der Waals surface area contributed by atoms with Crippen molar-refractivity contribution in [3.05, 3.63) is 54.1 Å². The fraction of sp³-hybridized carbons (Fsp3) is 0.409. The molecule has 2 aromatic carbocycles. The van der Waals surface area contributed by atoms with Crippen LogP contribution in [-0.4, -0.2) is 19.1 Å². The van der Waals surface area contributed by atoms with E-state index >= 15 is 0 Å². The van der Waals surface area contributed by atoms with Gasteiger partial charge in [0.15, 0.2) is 0 Å². The van der Waals surface area contributed by atoms with Gasteiger partial charge in [-0.1, -0.05) is 45.9 Å². The Morgan fingerprint density at radius 1 is 1.00 bits per heavy atom. The van der Waals surface area contributed by atoms with Crippen molar-refractivity contribution in [2.45, 2.75) is 40.0 Å². The lowest BCUT2D eigenvalue weighted by Crippen LogP contribution is -2.22. The lowest BCUT2D eigenvalue weighted by Gasteiger charge is -2.14. The van der Waals surface area contributed by atoms with E-state index in [1.165, 1.54) is 5.56 Å². The fourth-order valence-electron chi connectivity index (χ4n) is 2.59. The average molecular weight is 354 g/mol. The van der Waals surface area contributed by atoms with Crippen LogP contribution in [0.2, 0.25) is 0 Å². The highest BCUT2D eigenvalue weighted by atomic mass is 16.5. The summed E-state index contributed by atoms with van der Waals surface area (Å²) < 4.78 is 5.69. The normalized spacial score (nSPS) is 10.8. The summed E-state index contributed by atoms with van der Waals surface area (Å²) >= 11 is 0. The maximum atomic E-state index is 12.2. The third-order valence-corrected chi connectivity index (χ3v) is 4.12. The predicted octanol–water partition coefficient (Wildman–Crippen LogP) is 5.29. The summed E-state index contributed by atoms with van der Waals surface area (Å²) in [7, 11) is 0. The van der Waals surface area contributed by atoms with Crippen LogP contribution < -0.4 is 15.4 Å². The molecular weight excluding hydrogens is 324 g/mol. The smallest absolute Gasteiger partial charge is 0.243 e. The number of para-hydroxylation sites is 1. The number of amides is 1. The summed E-state index contributed by atoms with van der Waals surface area (Å²) in [4.78, 5) is 12.2. The summed E-state index contributed by atoms with van der Waals surface area (Å²) in [5.74, 6) is 1.79. The number of rotatable bonds is 9. The molecule has 26 heavy (non-hydrogen) atoms. The number of anilines is 2. The molecular formula is C22H30N2O2. The maximum Gasteiger partial charge on any atom is 0.243 e. The highest BCUT2D eigenvalue weighted by Gasteiger charge is 2.08. The van der Waals surface area contributed by atoms with Crippen LogP contribution in [0.15, 0.2) is 48.5 Å². The number of benzene rings is 2. The first-order valence-electron chi connectivity index (χ1n) is 9.31. The van der Waals surface area contributed by atoms with Gasteiger partial charge in [0.2, 0.25) is 5.91 Å². The predicted molar refractivity (Wildman–Crippen MR) is 109 cm³/mol. The SMILES string of the molecule is CC(C)CCOc1ccc(NC(=O)CNc2ccccc2C(C)C)cc1. The number of ether oxygens (including phenoxy) is 1. The second kappa shape index (κ2) is 9.85. The van der Waals surface area contributed by atoms with Gasteiger partial charge in [0.25, 0.3) is 0 Å². The third-order valence-electron chi connectivity index (χ3n) is 4.12. The Kier molecular flexibility index (Phi) is 7.52. The van der Waals surface area contributed by atoms with Crippen molar-refractivity contribution in [1.29, 1.82) is 0 Å². The van der Waals surface area contributed by atoms with Crippen molar-refractivity contribution < 1.29 is 9.53 Å². The Morgan fingerprint density at radius 2 is 1.69 bits per heavy atom. The van der Waals surface area contributed by atoms with Gasteiger partial charge in [-0.3, -0.25) is 4.79 Å². The summed E-state index contributed by atoms with van der Waals surface area (Å²) in [5.41, 5.74) is 2.99. The van der Waals surface area contributed by atoms with Crippen LogP contribution >= 0.6 is 0 Å². The molecule has 0 atom stereocenters. The van der Waals surface area contributed by atoms with E-state index in [-0.39, 0.29) is 12.5 Å². The van der Waals surface area contributed by atoms with Crippen molar-refractivity contribution in [3.8, 4) is 5.75 Å². The van der Waals surface area contributed by atoms with Crippen molar-refractivity contribution in [2.24, 2.45) is 5.92 Å². The van der Waals surface area contributed by atoms with E-state index in [2.05, 4.69) is 44.4 Å². The van der Waals surface area contributed by atoms with E-state index in [0.717, 1.165) is 23.5 Å². The van der Waals surface area contributed by atoms with Gasteiger partial charge in [-0.25, -0.2) is 0 Å². The number of nitrogens with one attached hydrogen (secondary N) is 2. The molecule has 1 amide bonds. The minimum atomic E-state index is -0.0722. The van der Waals surface area contributed by atoms with Crippen LogP contribution in [0.4, 0.5) is 11.4 Å². The highest BCUT2D eigenvalue weighted by Crippen LogP contribution is 2.23. The van der Waals surface area contributed by atoms with Gasteiger partial charge in [-0.2, -0.15) is 0 Å². The highest BCUT2D eigenvalue weighted by molar-refractivity contribution is 5.93. The second-order valence-electron chi connectivity index (χ2n) is 7.20.